The highest BCUT2D eigenvalue weighted by Crippen LogP contribution is 2.47. The second kappa shape index (κ2) is 10.7. The first-order valence-corrected chi connectivity index (χ1v) is 14.9. The van der Waals surface area contributed by atoms with Crippen LogP contribution in [0.15, 0.2) is 30.7 Å². The van der Waals surface area contributed by atoms with Gasteiger partial charge in [-0.15, -0.1) is 5.10 Å². The van der Waals surface area contributed by atoms with E-state index in [4.69, 9.17) is 4.98 Å². The Hall–Kier alpha value is -3.39. The molecule has 14 heteroatoms. The van der Waals surface area contributed by atoms with Crippen molar-refractivity contribution in [3.05, 3.63) is 30.7 Å². The first-order chi connectivity index (χ1) is 20.2. The van der Waals surface area contributed by atoms with Gasteiger partial charge in [-0.25, -0.2) is 4.52 Å². The number of hydrogen-bond donors (Lipinski definition) is 1. The Labute approximate surface area is 242 Å². The van der Waals surface area contributed by atoms with Crippen LogP contribution in [0.5, 0.6) is 0 Å². The van der Waals surface area contributed by atoms with E-state index in [-0.39, 0.29) is 30.8 Å². The van der Waals surface area contributed by atoms with Crippen LogP contribution in [0, 0.1) is 11.8 Å². The average Bonchev–Trinajstić information content (AvgIpc) is 3.62. The molecule has 2 atom stereocenters. The fourth-order valence-corrected chi connectivity index (χ4v) is 6.94. The van der Waals surface area contributed by atoms with Crippen molar-refractivity contribution in [1.82, 2.24) is 39.1 Å². The Morgan fingerprint density at radius 3 is 2.52 bits per heavy atom. The predicted molar refractivity (Wildman–Crippen MR) is 151 cm³/mol. The number of rotatable bonds is 7. The van der Waals surface area contributed by atoms with Crippen molar-refractivity contribution in [2.75, 3.05) is 63.1 Å². The third kappa shape index (κ3) is 5.30. The summed E-state index contributed by atoms with van der Waals surface area (Å²) in [7, 11) is 2.16. The van der Waals surface area contributed by atoms with Gasteiger partial charge in [0.2, 0.25) is 11.9 Å². The number of carbonyl (C=O) groups excluding carboxylic acids is 1. The van der Waals surface area contributed by atoms with Crippen molar-refractivity contribution in [3.8, 4) is 0 Å². The van der Waals surface area contributed by atoms with E-state index in [0.717, 1.165) is 63.5 Å². The van der Waals surface area contributed by atoms with E-state index in [9.17, 15) is 18.0 Å². The van der Waals surface area contributed by atoms with Gasteiger partial charge in [0.15, 0.2) is 5.65 Å². The number of nitrogens with zero attached hydrogens (tertiary/aromatic N) is 9. The van der Waals surface area contributed by atoms with Crippen LogP contribution in [0.25, 0.3) is 5.65 Å². The van der Waals surface area contributed by atoms with E-state index in [0.29, 0.717) is 24.7 Å². The molecule has 2 unspecified atom stereocenters. The van der Waals surface area contributed by atoms with Crippen LogP contribution in [0.3, 0.4) is 0 Å². The Morgan fingerprint density at radius 1 is 1.07 bits per heavy atom. The molecule has 1 amide bonds. The summed E-state index contributed by atoms with van der Waals surface area (Å²) >= 11 is 0. The maximum absolute atomic E-state index is 13.2. The SMILES string of the molecule is CN1CCN(CCn2cc(Nc3nc4c(N5CC6CCC(C5)N6C(=O)C5CC(C(F)(F)F)C5)cccn4n3)cn2)CC1. The summed E-state index contributed by atoms with van der Waals surface area (Å²) in [5.41, 5.74) is 2.47. The molecule has 6 heterocycles. The quantitative estimate of drug-likeness (QED) is 0.452. The molecule has 0 aromatic carbocycles. The van der Waals surface area contributed by atoms with Gasteiger partial charge >= 0.3 is 6.18 Å². The lowest BCUT2D eigenvalue weighted by Crippen LogP contribution is -2.58. The molecule has 4 fully saturated rings. The molecule has 3 aromatic heterocycles. The fourth-order valence-electron chi connectivity index (χ4n) is 6.94. The third-order valence-electron chi connectivity index (χ3n) is 9.50. The number of fused-ring (bicyclic) bond motifs is 3. The summed E-state index contributed by atoms with van der Waals surface area (Å²) in [5, 5.41) is 12.4. The summed E-state index contributed by atoms with van der Waals surface area (Å²) in [5.74, 6) is -1.47. The van der Waals surface area contributed by atoms with Crippen LogP contribution in [0.1, 0.15) is 25.7 Å². The minimum atomic E-state index is -4.20. The van der Waals surface area contributed by atoms with Gasteiger partial charge in [-0.1, -0.05) is 0 Å². The molecule has 1 saturated carbocycles. The van der Waals surface area contributed by atoms with Crippen LogP contribution >= 0.6 is 0 Å². The molecular weight excluding hydrogens is 549 g/mol. The molecule has 11 nitrogen and oxygen atoms in total. The van der Waals surface area contributed by atoms with Crippen molar-refractivity contribution in [2.45, 2.75) is 50.5 Å². The Balaban J connectivity index is 0.991. The lowest BCUT2D eigenvalue weighted by atomic mass is 9.73. The summed E-state index contributed by atoms with van der Waals surface area (Å²) in [4.78, 5) is 26.9. The van der Waals surface area contributed by atoms with Gasteiger partial charge in [-0.3, -0.25) is 14.4 Å². The molecule has 1 N–H and O–H groups in total. The molecular formula is C28H37F3N10O. The van der Waals surface area contributed by atoms with Crippen LogP contribution in [0.4, 0.5) is 30.5 Å². The summed E-state index contributed by atoms with van der Waals surface area (Å²) < 4.78 is 42.6. The highest BCUT2D eigenvalue weighted by atomic mass is 19.4. The number of hydrogen-bond acceptors (Lipinski definition) is 8. The summed E-state index contributed by atoms with van der Waals surface area (Å²) in [6, 6.07) is 3.95. The van der Waals surface area contributed by atoms with Crippen LogP contribution in [-0.4, -0.2) is 116 Å². The molecule has 4 aliphatic rings. The van der Waals surface area contributed by atoms with Crippen molar-refractivity contribution < 1.29 is 18.0 Å². The molecule has 3 saturated heterocycles. The maximum Gasteiger partial charge on any atom is 0.391 e. The molecule has 0 radical (unpaired) electrons. The lowest BCUT2D eigenvalue weighted by molar-refractivity contribution is -0.207. The van der Waals surface area contributed by atoms with E-state index in [1.54, 1.807) is 10.7 Å². The molecule has 42 heavy (non-hydrogen) atoms. The number of amides is 1. The van der Waals surface area contributed by atoms with Crippen molar-refractivity contribution in [1.29, 1.82) is 0 Å². The number of aromatic nitrogens is 5. The van der Waals surface area contributed by atoms with Gasteiger partial charge < -0.3 is 20.0 Å². The average molecular weight is 587 g/mol. The lowest BCUT2D eigenvalue weighted by Gasteiger charge is -2.45. The zero-order valence-electron chi connectivity index (χ0n) is 23.7. The number of piperazine rings is 2. The standard InChI is InChI=1S/C28H37F3N10O/c1-36-7-9-37(10-8-36)11-12-39-16-21(15-32-39)33-27-34-25-24(3-2-6-40(25)35-27)38-17-22-4-5-23(18-38)41(22)26(42)19-13-20(14-19)28(29,30)31/h2-3,6,15-16,19-20,22-23H,4-5,7-14,17-18H2,1H3,(H,33,35). The minimum Gasteiger partial charge on any atom is -0.364 e. The minimum absolute atomic E-state index is 0.00126. The fraction of sp³-hybridized carbons (Fsp3) is 0.643. The number of likely N-dealkylation sites (N-methyl/N-ethyl adjacent to an activating group) is 1. The zero-order chi connectivity index (χ0) is 29.0. The van der Waals surface area contributed by atoms with E-state index in [2.05, 4.69) is 37.3 Å². The normalized spacial score (nSPS) is 27.0. The molecule has 3 aliphatic heterocycles. The first kappa shape index (κ1) is 27.4. The topological polar surface area (TPSA) is 90.1 Å². The first-order valence-electron chi connectivity index (χ1n) is 14.9. The van der Waals surface area contributed by atoms with Gasteiger partial charge in [-0.05, 0) is 44.9 Å². The monoisotopic (exact) mass is 586 g/mol. The number of carbonyl (C=O) groups is 1. The van der Waals surface area contributed by atoms with Crippen molar-refractivity contribution in [2.24, 2.45) is 11.8 Å². The number of pyridine rings is 1. The molecule has 1 aliphatic carbocycles. The van der Waals surface area contributed by atoms with Gasteiger partial charge in [0.1, 0.15) is 0 Å². The highest BCUT2D eigenvalue weighted by molar-refractivity contribution is 5.81. The zero-order valence-corrected chi connectivity index (χ0v) is 23.7. The molecule has 7 rings (SSSR count). The van der Waals surface area contributed by atoms with Crippen molar-refractivity contribution in [3.63, 3.8) is 0 Å². The second-order valence-electron chi connectivity index (χ2n) is 12.3. The Kier molecular flexibility index (Phi) is 7.00. The Morgan fingerprint density at radius 2 is 1.81 bits per heavy atom. The second-order valence-corrected chi connectivity index (χ2v) is 12.3. The number of anilines is 3. The van der Waals surface area contributed by atoms with Crippen LogP contribution < -0.4 is 10.2 Å². The van der Waals surface area contributed by atoms with Crippen molar-refractivity contribution >= 4 is 28.9 Å². The maximum atomic E-state index is 13.2. The van der Waals surface area contributed by atoms with E-state index < -0.39 is 18.0 Å². The van der Waals surface area contributed by atoms with E-state index >= 15 is 0 Å². The van der Waals surface area contributed by atoms with Crippen LogP contribution in [0.2, 0.25) is 0 Å². The van der Waals surface area contributed by atoms with Gasteiger partial charge in [-0.2, -0.15) is 23.3 Å². The summed E-state index contributed by atoms with van der Waals surface area (Å²) in [6.45, 7) is 7.37. The number of nitrogens with one attached hydrogen (secondary N) is 1. The smallest absolute Gasteiger partial charge is 0.364 e. The number of halogens is 3. The molecule has 0 spiro atoms. The van der Waals surface area contributed by atoms with Gasteiger partial charge in [0, 0.05) is 76.2 Å². The molecule has 226 valence electrons. The van der Waals surface area contributed by atoms with Gasteiger partial charge in [0.25, 0.3) is 0 Å². The van der Waals surface area contributed by atoms with Crippen LogP contribution in [-0.2, 0) is 11.3 Å². The van der Waals surface area contributed by atoms with E-state index in [1.807, 2.05) is 34.1 Å². The summed E-state index contributed by atoms with van der Waals surface area (Å²) in [6.07, 6.45) is 2.98. The molecule has 2 bridgehead atoms. The van der Waals surface area contributed by atoms with E-state index in [1.165, 1.54) is 0 Å². The van der Waals surface area contributed by atoms with Gasteiger partial charge in [0.05, 0.1) is 30.0 Å². The molecule has 3 aromatic rings. The highest BCUT2D eigenvalue weighted by Gasteiger charge is 2.53. The largest absolute Gasteiger partial charge is 0.391 e. The third-order valence-corrected chi connectivity index (χ3v) is 9.50. The Bertz CT molecular complexity index is 1410. The predicted octanol–water partition coefficient (Wildman–Crippen LogP) is 2.68. The number of alkyl halides is 3.